The Morgan fingerprint density at radius 1 is 1.61 bits per heavy atom. The van der Waals surface area contributed by atoms with Gasteiger partial charge < -0.3 is 10.4 Å². The minimum absolute atomic E-state index is 0.117. The van der Waals surface area contributed by atoms with Crippen LogP contribution in [0.15, 0.2) is 22.7 Å². The molecule has 18 heavy (non-hydrogen) atoms. The van der Waals surface area contributed by atoms with Crippen LogP contribution in [-0.4, -0.2) is 41.7 Å². The Balaban J connectivity index is 1.91. The van der Waals surface area contributed by atoms with Gasteiger partial charge in [0.25, 0.3) is 0 Å². The second-order valence-electron chi connectivity index (χ2n) is 4.35. The van der Waals surface area contributed by atoms with Crippen LogP contribution in [0.3, 0.4) is 0 Å². The Morgan fingerprint density at radius 3 is 3.00 bits per heavy atom. The summed E-state index contributed by atoms with van der Waals surface area (Å²) in [6, 6.07) is 5.31. The van der Waals surface area contributed by atoms with Gasteiger partial charge in [0.05, 0.1) is 23.4 Å². The van der Waals surface area contributed by atoms with Gasteiger partial charge in [0.15, 0.2) is 0 Å². The Kier molecular flexibility index (Phi) is 4.61. The number of halogens is 2. The number of hydrogen-bond donors (Lipinski definition) is 2. The van der Waals surface area contributed by atoms with E-state index in [9.17, 15) is 9.90 Å². The first kappa shape index (κ1) is 13.8. The van der Waals surface area contributed by atoms with E-state index < -0.39 is 0 Å². The van der Waals surface area contributed by atoms with E-state index in [1.807, 2.05) is 11.0 Å². The van der Waals surface area contributed by atoms with Gasteiger partial charge >= 0.3 is 0 Å². The van der Waals surface area contributed by atoms with Crippen molar-refractivity contribution < 1.29 is 9.90 Å². The maximum Gasteiger partial charge on any atom is 0.238 e. The van der Waals surface area contributed by atoms with Gasteiger partial charge in [-0.15, -0.1) is 0 Å². The molecule has 1 atom stereocenters. The van der Waals surface area contributed by atoms with Crippen LogP contribution in [-0.2, 0) is 4.79 Å². The monoisotopic (exact) mass is 332 g/mol. The molecule has 1 saturated heterocycles. The van der Waals surface area contributed by atoms with E-state index in [-0.39, 0.29) is 18.6 Å². The molecule has 4 nitrogen and oxygen atoms in total. The topological polar surface area (TPSA) is 52.6 Å². The summed E-state index contributed by atoms with van der Waals surface area (Å²) in [5.41, 5.74) is 0.601. The molecule has 1 fully saturated rings. The highest BCUT2D eigenvalue weighted by molar-refractivity contribution is 9.10. The summed E-state index contributed by atoms with van der Waals surface area (Å²) in [6.07, 6.45) is 0.417. The largest absolute Gasteiger partial charge is 0.392 e. The number of carbonyl (C=O) groups is 1. The highest BCUT2D eigenvalue weighted by Gasteiger charge is 2.22. The van der Waals surface area contributed by atoms with Gasteiger partial charge in [0.2, 0.25) is 5.91 Å². The van der Waals surface area contributed by atoms with Gasteiger partial charge in [-0.25, -0.2) is 0 Å². The van der Waals surface area contributed by atoms with Crippen LogP contribution in [0.1, 0.15) is 6.42 Å². The minimum atomic E-state index is -0.311. The molecule has 6 heteroatoms. The van der Waals surface area contributed by atoms with Crippen molar-refractivity contribution in [3.8, 4) is 0 Å². The summed E-state index contributed by atoms with van der Waals surface area (Å²) in [4.78, 5) is 13.7. The first-order chi connectivity index (χ1) is 8.54. The van der Waals surface area contributed by atoms with Crippen LogP contribution in [0.5, 0.6) is 0 Å². The molecule has 98 valence electrons. The van der Waals surface area contributed by atoms with Crippen LogP contribution in [0.25, 0.3) is 0 Å². The zero-order chi connectivity index (χ0) is 13.1. The summed E-state index contributed by atoms with van der Waals surface area (Å²) in [6.45, 7) is 1.59. The SMILES string of the molecule is O=C(CN1CC[C@@H](O)C1)Nc1ccc(Br)cc1Cl. The molecule has 0 unspecified atom stereocenters. The van der Waals surface area contributed by atoms with Crippen molar-refractivity contribution in [2.24, 2.45) is 0 Å². The van der Waals surface area contributed by atoms with Gasteiger partial charge in [-0.3, -0.25) is 9.69 Å². The lowest BCUT2D eigenvalue weighted by molar-refractivity contribution is -0.117. The molecule has 0 saturated carbocycles. The average molecular weight is 334 g/mol. The quantitative estimate of drug-likeness (QED) is 0.891. The second kappa shape index (κ2) is 6.02. The van der Waals surface area contributed by atoms with Crippen molar-refractivity contribution in [1.29, 1.82) is 0 Å². The number of carbonyl (C=O) groups excluding carboxylic acids is 1. The number of aliphatic hydroxyl groups is 1. The predicted molar refractivity (Wildman–Crippen MR) is 74.8 cm³/mol. The summed E-state index contributed by atoms with van der Waals surface area (Å²) < 4.78 is 0.869. The smallest absolute Gasteiger partial charge is 0.238 e. The lowest BCUT2D eigenvalue weighted by Gasteiger charge is -2.15. The number of nitrogens with one attached hydrogen (secondary N) is 1. The molecule has 0 aliphatic carbocycles. The van der Waals surface area contributed by atoms with Crippen LogP contribution in [0.4, 0.5) is 5.69 Å². The molecule has 0 aromatic heterocycles. The fraction of sp³-hybridized carbons (Fsp3) is 0.417. The Hall–Kier alpha value is -0.620. The molecule has 2 N–H and O–H groups in total. The third kappa shape index (κ3) is 3.68. The average Bonchev–Trinajstić information content (AvgIpc) is 2.68. The maximum atomic E-state index is 11.8. The fourth-order valence-corrected chi connectivity index (χ4v) is 2.66. The number of likely N-dealkylation sites (tertiary alicyclic amines) is 1. The van der Waals surface area contributed by atoms with Gasteiger partial charge in [0.1, 0.15) is 0 Å². The Morgan fingerprint density at radius 2 is 2.39 bits per heavy atom. The third-order valence-corrected chi connectivity index (χ3v) is 3.63. The Bertz CT molecular complexity index is 456. The molecule has 0 spiro atoms. The van der Waals surface area contributed by atoms with Crippen molar-refractivity contribution in [2.75, 3.05) is 25.0 Å². The van der Waals surface area contributed by atoms with E-state index in [2.05, 4.69) is 21.2 Å². The Labute approximate surface area is 119 Å². The van der Waals surface area contributed by atoms with Crippen molar-refractivity contribution in [2.45, 2.75) is 12.5 Å². The van der Waals surface area contributed by atoms with Crippen molar-refractivity contribution in [3.05, 3.63) is 27.7 Å². The molecular formula is C12H14BrClN2O2. The number of hydrogen-bond acceptors (Lipinski definition) is 3. The number of benzene rings is 1. The van der Waals surface area contributed by atoms with E-state index in [1.54, 1.807) is 12.1 Å². The fourth-order valence-electron chi connectivity index (χ4n) is 1.94. The molecule has 0 bridgehead atoms. The first-order valence-corrected chi connectivity index (χ1v) is 6.87. The van der Waals surface area contributed by atoms with Gasteiger partial charge in [-0.1, -0.05) is 27.5 Å². The summed E-state index contributed by atoms with van der Waals surface area (Å²) >= 11 is 9.32. The van der Waals surface area contributed by atoms with E-state index in [0.717, 1.165) is 17.4 Å². The van der Waals surface area contributed by atoms with Gasteiger partial charge in [-0.2, -0.15) is 0 Å². The minimum Gasteiger partial charge on any atom is -0.392 e. The molecule has 1 aromatic rings. The number of anilines is 1. The van der Waals surface area contributed by atoms with Crippen molar-refractivity contribution in [1.82, 2.24) is 4.90 Å². The number of amides is 1. The summed E-state index contributed by atoms with van der Waals surface area (Å²) in [7, 11) is 0. The molecule has 2 rings (SSSR count). The molecule has 1 aliphatic heterocycles. The zero-order valence-corrected chi connectivity index (χ0v) is 12.0. The standard InChI is InChI=1S/C12H14BrClN2O2/c13-8-1-2-11(10(14)5-8)15-12(18)7-16-4-3-9(17)6-16/h1-2,5,9,17H,3-4,6-7H2,(H,15,18)/t9-/m1/s1. The summed E-state index contributed by atoms with van der Waals surface area (Å²) in [5.74, 6) is -0.117. The summed E-state index contributed by atoms with van der Waals surface area (Å²) in [5, 5.41) is 12.6. The van der Waals surface area contributed by atoms with Gasteiger partial charge in [-0.05, 0) is 24.6 Å². The number of nitrogens with zero attached hydrogens (tertiary/aromatic N) is 1. The molecule has 1 amide bonds. The number of rotatable bonds is 3. The molecule has 0 radical (unpaired) electrons. The third-order valence-electron chi connectivity index (χ3n) is 2.82. The zero-order valence-electron chi connectivity index (χ0n) is 9.70. The van der Waals surface area contributed by atoms with E-state index in [1.165, 1.54) is 0 Å². The van der Waals surface area contributed by atoms with E-state index in [4.69, 9.17) is 11.6 Å². The molecule has 1 aromatic carbocycles. The maximum absolute atomic E-state index is 11.8. The van der Waals surface area contributed by atoms with Crippen LogP contribution in [0, 0.1) is 0 Å². The van der Waals surface area contributed by atoms with E-state index in [0.29, 0.717) is 17.3 Å². The van der Waals surface area contributed by atoms with Crippen molar-refractivity contribution in [3.63, 3.8) is 0 Å². The highest BCUT2D eigenvalue weighted by Crippen LogP contribution is 2.25. The van der Waals surface area contributed by atoms with Crippen molar-refractivity contribution >= 4 is 39.1 Å². The number of β-amino-alcohol motifs (C(OH)–C–C–N with tert-alkyl or cyclic N) is 1. The molecule has 1 aliphatic rings. The molecular weight excluding hydrogens is 320 g/mol. The van der Waals surface area contributed by atoms with Gasteiger partial charge in [0, 0.05) is 17.6 Å². The molecule has 1 heterocycles. The lowest BCUT2D eigenvalue weighted by atomic mass is 10.3. The lowest BCUT2D eigenvalue weighted by Crippen LogP contribution is -2.32. The second-order valence-corrected chi connectivity index (χ2v) is 5.67. The predicted octanol–water partition coefficient (Wildman–Crippen LogP) is 2.11. The van der Waals surface area contributed by atoms with E-state index >= 15 is 0 Å². The van der Waals surface area contributed by atoms with Crippen LogP contribution < -0.4 is 5.32 Å². The number of aliphatic hydroxyl groups excluding tert-OH is 1. The highest BCUT2D eigenvalue weighted by atomic mass is 79.9. The van der Waals surface area contributed by atoms with Crippen LogP contribution >= 0.6 is 27.5 Å². The first-order valence-electron chi connectivity index (χ1n) is 5.70. The van der Waals surface area contributed by atoms with Crippen LogP contribution in [0.2, 0.25) is 5.02 Å². The normalized spacial score (nSPS) is 20.1.